The molecular formula is C17H24Cl2N2O2S. The number of rotatable bonds is 6. The Morgan fingerprint density at radius 1 is 1.17 bits per heavy atom. The number of piperidine rings is 1. The van der Waals surface area contributed by atoms with Crippen molar-refractivity contribution in [3.05, 3.63) is 33.8 Å². The Morgan fingerprint density at radius 2 is 1.83 bits per heavy atom. The van der Waals surface area contributed by atoms with Crippen LogP contribution in [0.2, 0.25) is 10.0 Å². The van der Waals surface area contributed by atoms with Gasteiger partial charge < -0.3 is 0 Å². The number of benzene rings is 1. The Kier molecular flexibility index (Phi) is 5.77. The molecule has 2 aliphatic rings. The van der Waals surface area contributed by atoms with Gasteiger partial charge in [-0.15, -0.1) is 0 Å². The lowest BCUT2D eigenvalue weighted by Gasteiger charge is -2.33. The monoisotopic (exact) mass is 390 g/mol. The molecule has 0 spiro atoms. The zero-order valence-electron chi connectivity index (χ0n) is 13.9. The van der Waals surface area contributed by atoms with E-state index in [1.165, 1.54) is 0 Å². The van der Waals surface area contributed by atoms with E-state index < -0.39 is 10.0 Å². The molecule has 3 rings (SSSR count). The van der Waals surface area contributed by atoms with Crippen LogP contribution in [0, 0.1) is 5.92 Å². The molecular weight excluding hydrogens is 367 g/mol. The second-order valence-electron chi connectivity index (χ2n) is 6.98. The Morgan fingerprint density at radius 3 is 2.42 bits per heavy atom. The molecule has 1 saturated heterocycles. The Hall–Kier alpha value is -0.330. The molecule has 0 atom stereocenters. The van der Waals surface area contributed by atoms with Crippen molar-refractivity contribution >= 4 is 33.2 Å². The second kappa shape index (κ2) is 7.50. The third-order valence-electron chi connectivity index (χ3n) is 5.01. The summed E-state index contributed by atoms with van der Waals surface area (Å²) in [4.78, 5) is 2.38. The Balaban J connectivity index is 1.49. The average molecular weight is 391 g/mol. The van der Waals surface area contributed by atoms with Crippen LogP contribution in [-0.4, -0.2) is 49.6 Å². The smallest absolute Gasteiger partial charge is 0.216 e. The molecule has 1 heterocycles. The highest BCUT2D eigenvalue weighted by Gasteiger charge is 2.39. The van der Waals surface area contributed by atoms with Crippen molar-refractivity contribution in [1.82, 2.24) is 9.21 Å². The normalized spacial score (nSPS) is 20.7. The van der Waals surface area contributed by atoms with Gasteiger partial charge in [-0.25, -0.2) is 12.7 Å². The predicted molar refractivity (Wildman–Crippen MR) is 99.0 cm³/mol. The van der Waals surface area contributed by atoms with Crippen LogP contribution in [0.3, 0.4) is 0 Å². The van der Waals surface area contributed by atoms with Gasteiger partial charge in [0, 0.05) is 30.2 Å². The average Bonchev–Trinajstić information content (AvgIpc) is 3.37. The van der Waals surface area contributed by atoms with Crippen LogP contribution < -0.4 is 0 Å². The number of sulfonamides is 1. The Bertz CT molecular complexity index is 684. The molecule has 1 aromatic carbocycles. The molecule has 0 aromatic heterocycles. The van der Waals surface area contributed by atoms with Gasteiger partial charge in [0.25, 0.3) is 0 Å². The van der Waals surface area contributed by atoms with Crippen molar-refractivity contribution in [1.29, 1.82) is 0 Å². The minimum atomic E-state index is -3.05. The zero-order chi connectivity index (χ0) is 17.3. The summed E-state index contributed by atoms with van der Waals surface area (Å²) in [6, 6.07) is 5.63. The van der Waals surface area contributed by atoms with Crippen molar-refractivity contribution in [3.8, 4) is 0 Å². The van der Waals surface area contributed by atoms with Crippen LogP contribution in [0.25, 0.3) is 0 Å². The standard InChI is InChI=1S/C17H24Cl2N2O2S/c1-20(24(22,23)16-4-5-16)11-13-6-8-21(9-7-13)12-14-2-3-15(18)10-17(14)19/h2-3,10,13,16H,4-9,11-12H2,1H3. The second-order valence-corrected chi connectivity index (χ2v) is 10.1. The van der Waals surface area contributed by atoms with E-state index >= 15 is 0 Å². The summed E-state index contributed by atoms with van der Waals surface area (Å²) in [5.74, 6) is 0.445. The molecule has 1 saturated carbocycles. The van der Waals surface area contributed by atoms with E-state index in [4.69, 9.17) is 23.2 Å². The summed E-state index contributed by atoms with van der Waals surface area (Å²) < 4.78 is 26.0. The molecule has 0 radical (unpaired) electrons. The maximum atomic E-state index is 12.2. The maximum absolute atomic E-state index is 12.2. The number of hydrogen-bond donors (Lipinski definition) is 0. The van der Waals surface area contributed by atoms with Crippen LogP contribution in [0.1, 0.15) is 31.2 Å². The lowest BCUT2D eigenvalue weighted by molar-refractivity contribution is 0.166. The van der Waals surface area contributed by atoms with Gasteiger partial charge in [-0.3, -0.25) is 4.90 Å². The van der Waals surface area contributed by atoms with Crippen LogP contribution in [0.5, 0.6) is 0 Å². The van der Waals surface area contributed by atoms with E-state index in [0.717, 1.165) is 50.9 Å². The first-order valence-corrected chi connectivity index (χ1v) is 10.7. The van der Waals surface area contributed by atoms with Crippen molar-refractivity contribution in [2.45, 2.75) is 37.5 Å². The molecule has 1 aromatic rings. The van der Waals surface area contributed by atoms with Crippen LogP contribution in [0.15, 0.2) is 18.2 Å². The first-order valence-electron chi connectivity index (χ1n) is 8.47. The molecule has 0 unspecified atom stereocenters. The van der Waals surface area contributed by atoms with E-state index in [-0.39, 0.29) is 5.25 Å². The molecule has 7 heteroatoms. The van der Waals surface area contributed by atoms with Crippen molar-refractivity contribution in [2.75, 3.05) is 26.7 Å². The Labute approximate surface area is 154 Å². The third-order valence-corrected chi connectivity index (χ3v) is 7.93. The summed E-state index contributed by atoms with van der Waals surface area (Å²) in [5, 5.41) is 1.25. The van der Waals surface area contributed by atoms with Crippen LogP contribution in [0.4, 0.5) is 0 Å². The van der Waals surface area contributed by atoms with E-state index in [2.05, 4.69) is 4.90 Å². The highest BCUT2D eigenvalue weighted by atomic mass is 35.5. The quantitative estimate of drug-likeness (QED) is 0.744. The summed E-state index contributed by atoms with van der Waals surface area (Å²) in [5.41, 5.74) is 1.09. The van der Waals surface area contributed by atoms with E-state index in [1.807, 2.05) is 12.1 Å². The lowest BCUT2D eigenvalue weighted by atomic mass is 9.96. The topological polar surface area (TPSA) is 40.6 Å². The molecule has 0 amide bonds. The molecule has 2 fully saturated rings. The first-order chi connectivity index (χ1) is 11.4. The van der Waals surface area contributed by atoms with Crippen molar-refractivity contribution < 1.29 is 8.42 Å². The van der Waals surface area contributed by atoms with Crippen LogP contribution in [-0.2, 0) is 16.6 Å². The first kappa shape index (κ1) is 18.5. The summed E-state index contributed by atoms with van der Waals surface area (Å²) in [7, 11) is -1.32. The minimum absolute atomic E-state index is 0.116. The maximum Gasteiger partial charge on any atom is 0.216 e. The summed E-state index contributed by atoms with van der Waals surface area (Å²) in [6.07, 6.45) is 3.70. The molecule has 24 heavy (non-hydrogen) atoms. The third kappa shape index (κ3) is 4.44. The molecule has 134 valence electrons. The van der Waals surface area contributed by atoms with Gasteiger partial charge in [-0.05, 0) is 62.4 Å². The SMILES string of the molecule is CN(CC1CCN(Cc2ccc(Cl)cc2Cl)CC1)S(=O)(=O)C1CC1. The number of likely N-dealkylation sites (tertiary alicyclic amines) is 1. The van der Waals surface area contributed by atoms with Gasteiger partial charge in [0.1, 0.15) is 0 Å². The number of hydrogen-bond acceptors (Lipinski definition) is 3. The van der Waals surface area contributed by atoms with E-state index in [9.17, 15) is 8.42 Å². The zero-order valence-corrected chi connectivity index (χ0v) is 16.2. The van der Waals surface area contributed by atoms with Gasteiger partial charge in [0.2, 0.25) is 10.0 Å². The molecule has 0 bridgehead atoms. The van der Waals surface area contributed by atoms with E-state index in [0.29, 0.717) is 22.5 Å². The molecule has 4 nitrogen and oxygen atoms in total. The highest BCUT2D eigenvalue weighted by molar-refractivity contribution is 7.90. The fourth-order valence-corrected chi connectivity index (χ4v) is 5.43. The lowest BCUT2D eigenvalue weighted by Crippen LogP contribution is -2.40. The molecule has 0 N–H and O–H groups in total. The summed E-state index contributed by atoms with van der Waals surface area (Å²) in [6.45, 7) is 3.41. The highest BCUT2D eigenvalue weighted by Crippen LogP contribution is 2.31. The molecule has 1 aliphatic heterocycles. The molecule has 1 aliphatic carbocycles. The minimum Gasteiger partial charge on any atom is -0.299 e. The van der Waals surface area contributed by atoms with Crippen molar-refractivity contribution in [2.24, 2.45) is 5.92 Å². The van der Waals surface area contributed by atoms with Gasteiger partial charge in [-0.1, -0.05) is 29.3 Å². The van der Waals surface area contributed by atoms with Gasteiger partial charge in [-0.2, -0.15) is 0 Å². The van der Waals surface area contributed by atoms with Crippen LogP contribution >= 0.6 is 23.2 Å². The van der Waals surface area contributed by atoms with E-state index in [1.54, 1.807) is 17.4 Å². The van der Waals surface area contributed by atoms with Gasteiger partial charge >= 0.3 is 0 Å². The van der Waals surface area contributed by atoms with Crippen molar-refractivity contribution in [3.63, 3.8) is 0 Å². The summed E-state index contributed by atoms with van der Waals surface area (Å²) >= 11 is 12.2. The largest absolute Gasteiger partial charge is 0.299 e. The predicted octanol–water partition coefficient (Wildman–Crippen LogP) is 3.63. The fraction of sp³-hybridized carbons (Fsp3) is 0.647. The number of halogens is 2. The fourth-order valence-electron chi connectivity index (χ4n) is 3.31. The number of nitrogens with zero attached hydrogens (tertiary/aromatic N) is 2. The van der Waals surface area contributed by atoms with Gasteiger partial charge in [0.05, 0.1) is 5.25 Å². The van der Waals surface area contributed by atoms with Gasteiger partial charge in [0.15, 0.2) is 0 Å².